The molecule has 1 aliphatic heterocycles. The first kappa shape index (κ1) is 64.0. The van der Waals surface area contributed by atoms with Crippen LogP contribution in [0.2, 0.25) is 15.3 Å². The summed E-state index contributed by atoms with van der Waals surface area (Å²) >= 11 is 28.5. The third-order valence-corrected chi connectivity index (χ3v) is 12.0. The predicted octanol–water partition coefficient (Wildman–Crippen LogP) is 8.17. The molecule has 1 aliphatic rings. The van der Waals surface area contributed by atoms with Gasteiger partial charge in [0.25, 0.3) is 21.8 Å². The fourth-order valence-electron chi connectivity index (χ4n) is 6.23. The number of sulfonamides is 1. The van der Waals surface area contributed by atoms with Crippen LogP contribution in [0.1, 0.15) is 43.6 Å². The van der Waals surface area contributed by atoms with Crippen molar-refractivity contribution in [2.45, 2.75) is 55.8 Å². The van der Waals surface area contributed by atoms with Crippen molar-refractivity contribution < 1.29 is 55.1 Å². The number of halogens is 8. The van der Waals surface area contributed by atoms with Crippen LogP contribution in [0.4, 0.5) is 53.0 Å². The van der Waals surface area contributed by atoms with Crippen LogP contribution < -0.4 is 45.5 Å². The first-order chi connectivity index (χ1) is 37.0. The molecule has 4 aromatic heterocycles. The minimum absolute atomic E-state index is 0.0672. The van der Waals surface area contributed by atoms with Crippen LogP contribution in [-0.4, -0.2) is 134 Å². The number of rotatable bonds is 13. The smallest absolute Gasteiger partial charge is 0.416 e. The van der Waals surface area contributed by atoms with Crippen LogP contribution in [0.15, 0.2) is 72.0 Å². The maximum Gasteiger partial charge on any atom is 0.416 e. The van der Waals surface area contributed by atoms with E-state index in [1.165, 1.54) is 57.6 Å². The number of carbonyl (C=O) groups is 3. The molecule has 1 unspecified atom stereocenters. The number of nitrogen functional groups attached to an aromatic ring is 1. The predicted molar refractivity (Wildman–Crippen MR) is 289 cm³/mol. The van der Waals surface area contributed by atoms with E-state index in [0.717, 1.165) is 23.1 Å². The zero-order valence-corrected chi connectivity index (χ0v) is 47.1. The number of hydrogen-bond donors (Lipinski definition) is 5. The van der Waals surface area contributed by atoms with Gasteiger partial charge in [-0.25, -0.2) is 19.2 Å². The highest BCUT2D eigenvalue weighted by atomic mass is 35.5. The third-order valence-electron chi connectivity index (χ3n) is 9.58. The Bertz CT molecular complexity index is 3210. The van der Waals surface area contributed by atoms with Crippen LogP contribution in [0.5, 0.6) is 17.5 Å². The molecular formula is C44H48Cl5F3N16O10S. The topological polar surface area (TPSA) is 332 Å². The number of aromatic nitrogens is 8. The van der Waals surface area contributed by atoms with Gasteiger partial charge in [-0.3, -0.25) is 25.0 Å². The number of fused-ring (bicyclic) bond motifs is 1. The van der Waals surface area contributed by atoms with Crippen molar-refractivity contribution in [3.63, 3.8) is 0 Å². The quantitative estimate of drug-likeness (QED) is 0.0413. The first-order valence-electron chi connectivity index (χ1n) is 22.3. The summed E-state index contributed by atoms with van der Waals surface area (Å²) in [6.45, 7) is 9.07. The number of carbonyl (C=O) groups excluding carboxylic acids is 3. The van der Waals surface area contributed by atoms with Crippen LogP contribution in [0.3, 0.4) is 0 Å². The number of amides is 4. The lowest BCUT2D eigenvalue weighted by atomic mass is 10.1. The maximum atomic E-state index is 12.6. The minimum atomic E-state index is -4.63. The van der Waals surface area contributed by atoms with Crippen LogP contribution in [-0.2, 0) is 21.0 Å². The molecule has 4 amide bonds. The Morgan fingerprint density at radius 1 is 0.949 bits per heavy atom. The maximum absolute atomic E-state index is 12.6. The van der Waals surface area contributed by atoms with E-state index >= 15 is 0 Å². The zero-order valence-electron chi connectivity index (χ0n) is 42.5. The van der Waals surface area contributed by atoms with Crippen molar-refractivity contribution in [1.82, 2.24) is 49.3 Å². The summed E-state index contributed by atoms with van der Waals surface area (Å²) in [6, 6.07) is 11.7. The number of pyridine rings is 1. The standard InChI is InChI=1S/C15H18N6O6S.C11H11Cl2NO2.C10H5Cl2F3N4O2.C8H14ClN5/c1-21(2)13(22)9-6-5-7-16-12(9)28(24,25)20-15(23)19-14-17-10(26-3)8-11(18-14)27-4;1-7-6-16-9-5-3-2-4-8(9)14(7)11(15)10(12)13;11-5-1-4(10(13,14)15)2-6(12)8(5)18-9(16)7(3-17-18)19(20)21;1-4-10-7-12-6(9)13-8(14-7)11-5(2)3/h5-8H,1-4H3,(H2,17,18,19,20,23);2-5,7,10H,6H2,1H3;1-3H,16H2;5H,4H2,1-3H3,(H2,10,11,12,13,14). The highest BCUT2D eigenvalue weighted by Gasteiger charge is 2.34. The highest BCUT2D eigenvalue weighted by Crippen LogP contribution is 2.39. The number of benzene rings is 2. The number of nitrogens with zero attached hydrogens (tertiary/aromatic N) is 11. The SMILES string of the molecule is CC1COc2ccccc2N1C(=O)C(Cl)Cl.CCNc1nc(Cl)nc(NC(C)C)n1.COc1cc(OC)nc(NC(=O)NS(=O)(=O)c2ncccc2C(=O)N(C)C)n1.Nc1c([N+](=O)[O-])cnn1-c1c(Cl)cc(C(F)(F)F)cc1Cl. The van der Waals surface area contributed by atoms with Crippen molar-refractivity contribution in [2.75, 3.05) is 68.1 Å². The number of nitrogens with one attached hydrogen (secondary N) is 4. The molecule has 7 rings (SSSR count). The first-order valence-corrected chi connectivity index (χ1v) is 25.8. The minimum Gasteiger partial charge on any atom is -0.489 e. The number of methoxy groups -OCH3 is 2. The van der Waals surface area contributed by atoms with Gasteiger partial charge in [-0.1, -0.05) is 58.5 Å². The second-order valence-electron chi connectivity index (χ2n) is 16.0. The molecule has 2 aromatic carbocycles. The largest absolute Gasteiger partial charge is 0.489 e. The molecule has 0 fully saturated rings. The second-order valence-corrected chi connectivity index (χ2v) is 19.8. The summed E-state index contributed by atoms with van der Waals surface area (Å²) in [5, 5.41) is 21.3. The zero-order chi connectivity index (χ0) is 59.1. The molecule has 0 bridgehead atoms. The summed E-state index contributed by atoms with van der Waals surface area (Å²) in [4.78, 5) is 71.2. The van der Waals surface area contributed by atoms with Gasteiger partial charge < -0.3 is 40.4 Å². The summed E-state index contributed by atoms with van der Waals surface area (Å²) in [6.07, 6.45) is -2.60. The van der Waals surface area contributed by atoms with Crippen LogP contribution in [0.25, 0.3) is 5.69 Å². The van der Waals surface area contributed by atoms with Gasteiger partial charge in [-0.05, 0) is 75.7 Å². The van der Waals surface area contributed by atoms with Gasteiger partial charge in [0.1, 0.15) is 24.2 Å². The molecule has 5 heterocycles. The Balaban J connectivity index is 0.000000235. The number of anilines is 5. The number of alkyl halides is 5. The van der Waals surface area contributed by atoms with E-state index in [-0.39, 0.29) is 62.3 Å². The average molecular weight is 1230 g/mol. The number of nitro groups is 1. The fourth-order valence-corrected chi connectivity index (χ4v) is 8.28. The Labute approximate surface area is 473 Å². The van der Waals surface area contributed by atoms with E-state index in [1.807, 2.05) is 52.0 Å². The molecule has 1 atom stereocenters. The van der Waals surface area contributed by atoms with E-state index in [4.69, 9.17) is 77.9 Å². The summed E-state index contributed by atoms with van der Waals surface area (Å²) in [5.41, 5.74) is 4.31. The molecule has 35 heteroatoms. The number of hydrogen-bond acceptors (Lipinski definition) is 20. The van der Waals surface area contributed by atoms with Gasteiger partial charge in [-0.2, -0.15) is 51.6 Å². The van der Waals surface area contributed by atoms with Gasteiger partial charge >= 0.3 is 17.9 Å². The lowest BCUT2D eigenvalue weighted by Crippen LogP contribution is -2.47. The molecule has 0 spiro atoms. The van der Waals surface area contributed by atoms with E-state index in [1.54, 1.807) is 9.62 Å². The second kappa shape index (κ2) is 28.4. The van der Waals surface area contributed by atoms with Crippen molar-refractivity contribution in [3.8, 4) is 23.2 Å². The summed E-state index contributed by atoms with van der Waals surface area (Å²) in [5.74, 6) is 0.302. The Hall–Kier alpha value is -7.51. The van der Waals surface area contributed by atoms with Crippen LogP contribution in [0, 0.1) is 10.1 Å². The lowest BCUT2D eigenvalue weighted by Gasteiger charge is -2.35. The van der Waals surface area contributed by atoms with Gasteiger partial charge in [0.05, 0.1) is 58.1 Å². The van der Waals surface area contributed by atoms with Crippen LogP contribution >= 0.6 is 58.0 Å². The number of para-hydroxylation sites is 2. The van der Waals surface area contributed by atoms with E-state index in [2.05, 4.69) is 51.0 Å². The number of nitrogens with two attached hydrogens (primary N) is 1. The van der Waals surface area contributed by atoms with Gasteiger partial charge in [-0.15, -0.1) is 0 Å². The molecule has 0 saturated heterocycles. The monoisotopic (exact) mass is 1220 g/mol. The molecule has 0 aliphatic carbocycles. The Morgan fingerprint density at radius 3 is 2.09 bits per heavy atom. The lowest BCUT2D eigenvalue weighted by molar-refractivity contribution is -0.383. The molecule has 26 nitrogen and oxygen atoms in total. The molecular weight excluding hydrogens is 1180 g/mol. The van der Waals surface area contributed by atoms with E-state index in [9.17, 15) is 46.1 Å². The van der Waals surface area contributed by atoms with Crippen molar-refractivity contribution in [3.05, 3.63) is 104 Å². The molecule has 0 radical (unpaired) electrons. The molecule has 79 heavy (non-hydrogen) atoms. The Morgan fingerprint density at radius 2 is 1.56 bits per heavy atom. The highest BCUT2D eigenvalue weighted by molar-refractivity contribution is 7.90. The van der Waals surface area contributed by atoms with Gasteiger partial charge in [0.15, 0.2) is 9.86 Å². The van der Waals surface area contributed by atoms with E-state index in [0.29, 0.717) is 36.4 Å². The molecule has 6 N–H and O–H groups in total. The molecule has 6 aromatic rings. The van der Waals surface area contributed by atoms with Gasteiger partial charge in [0, 0.05) is 32.9 Å². The molecule has 426 valence electrons. The number of urea groups is 1. The third kappa shape index (κ3) is 17.7. The normalized spacial score (nSPS) is 12.6. The van der Waals surface area contributed by atoms with Gasteiger partial charge in [0.2, 0.25) is 40.7 Å². The van der Waals surface area contributed by atoms with Crippen molar-refractivity contribution >= 4 is 121 Å². The van der Waals surface area contributed by atoms with Crippen molar-refractivity contribution in [2.24, 2.45) is 0 Å². The van der Waals surface area contributed by atoms with E-state index < -0.39 is 60.0 Å². The number of ether oxygens (including phenoxy) is 3. The van der Waals surface area contributed by atoms with Crippen molar-refractivity contribution in [1.29, 1.82) is 0 Å². The summed E-state index contributed by atoms with van der Waals surface area (Å²) < 4.78 is 80.9. The fraction of sp³-hybridized carbons (Fsp3) is 0.318. The Kier molecular flexibility index (Phi) is 23.0. The summed E-state index contributed by atoms with van der Waals surface area (Å²) in [7, 11) is 1.15. The molecule has 0 saturated carbocycles. The average Bonchev–Trinajstić information content (AvgIpc) is 3.78.